The third-order valence-electron chi connectivity index (χ3n) is 3.36. The van der Waals surface area contributed by atoms with Crippen LogP contribution in [0.1, 0.15) is 32.6 Å². The third-order valence-corrected chi connectivity index (χ3v) is 3.36. The fourth-order valence-electron chi connectivity index (χ4n) is 2.12. The number of carbonyl (C=O) groups is 2. The van der Waals surface area contributed by atoms with Gasteiger partial charge in [0.2, 0.25) is 0 Å². The van der Waals surface area contributed by atoms with Gasteiger partial charge in [-0.3, -0.25) is 4.79 Å². The van der Waals surface area contributed by atoms with Crippen molar-refractivity contribution in [3.63, 3.8) is 0 Å². The maximum absolute atomic E-state index is 11.6. The smallest absolute Gasteiger partial charge is 0.315 e. The second-order valence-corrected chi connectivity index (χ2v) is 4.74. The van der Waals surface area contributed by atoms with Crippen LogP contribution >= 0.6 is 0 Å². The van der Waals surface area contributed by atoms with Crippen LogP contribution in [0.2, 0.25) is 0 Å². The van der Waals surface area contributed by atoms with Gasteiger partial charge in [0.1, 0.15) is 0 Å². The highest BCUT2D eigenvalue weighted by atomic mass is 16.5. The molecule has 104 valence electrons. The van der Waals surface area contributed by atoms with Crippen LogP contribution in [0.25, 0.3) is 0 Å². The highest BCUT2D eigenvalue weighted by Crippen LogP contribution is 2.21. The van der Waals surface area contributed by atoms with E-state index in [1.807, 2.05) is 0 Å². The fourth-order valence-corrected chi connectivity index (χ4v) is 2.12. The summed E-state index contributed by atoms with van der Waals surface area (Å²) >= 11 is 0. The molecule has 1 fully saturated rings. The molecular weight excluding hydrogens is 236 g/mol. The van der Waals surface area contributed by atoms with Crippen molar-refractivity contribution in [3.05, 3.63) is 0 Å². The van der Waals surface area contributed by atoms with Gasteiger partial charge in [-0.25, -0.2) is 4.79 Å². The van der Waals surface area contributed by atoms with Crippen molar-refractivity contribution >= 4 is 12.0 Å². The summed E-state index contributed by atoms with van der Waals surface area (Å²) in [6, 6.07) is -0.187. The Morgan fingerprint density at radius 3 is 2.78 bits per heavy atom. The molecule has 2 amide bonds. The second-order valence-electron chi connectivity index (χ2n) is 4.74. The van der Waals surface area contributed by atoms with Crippen LogP contribution in [-0.2, 0) is 9.53 Å². The van der Waals surface area contributed by atoms with Crippen LogP contribution in [0.4, 0.5) is 4.79 Å². The molecule has 1 rings (SSSR count). The van der Waals surface area contributed by atoms with E-state index < -0.39 is 11.9 Å². The second kappa shape index (κ2) is 7.20. The zero-order valence-corrected chi connectivity index (χ0v) is 10.9. The van der Waals surface area contributed by atoms with Gasteiger partial charge in [0.15, 0.2) is 0 Å². The first-order chi connectivity index (χ1) is 8.54. The van der Waals surface area contributed by atoms with Gasteiger partial charge in [0, 0.05) is 13.7 Å². The Morgan fingerprint density at radius 2 is 2.17 bits per heavy atom. The Bertz CT molecular complexity index is 296. The van der Waals surface area contributed by atoms with Gasteiger partial charge in [0.25, 0.3) is 0 Å². The number of urea groups is 1. The Labute approximate surface area is 107 Å². The van der Waals surface area contributed by atoms with E-state index in [9.17, 15) is 9.59 Å². The first-order valence-corrected chi connectivity index (χ1v) is 6.34. The lowest BCUT2D eigenvalue weighted by Gasteiger charge is -2.20. The summed E-state index contributed by atoms with van der Waals surface area (Å²) in [5.74, 6) is -1.28. The third kappa shape index (κ3) is 4.52. The number of carboxylic acids is 1. The topological polar surface area (TPSA) is 87.7 Å². The van der Waals surface area contributed by atoms with E-state index in [2.05, 4.69) is 10.6 Å². The molecule has 1 aliphatic carbocycles. The van der Waals surface area contributed by atoms with Crippen LogP contribution in [0.3, 0.4) is 0 Å². The average Bonchev–Trinajstić information content (AvgIpc) is 2.75. The number of aliphatic carboxylic acids is 1. The van der Waals surface area contributed by atoms with E-state index in [4.69, 9.17) is 9.84 Å². The minimum Gasteiger partial charge on any atom is -0.481 e. The van der Waals surface area contributed by atoms with E-state index in [0.29, 0.717) is 13.0 Å². The zero-order chi connectivity index (χ0) is 13.5. The Kier molecular flexibility index (Phi) is 5.91. The van der Waals surface area contributed by atoms with E-state index in [-0.39, 0.29) is 18.2 Å². The Morgan fingerprint density at radius 1 is 1.44 bits per heavy atom. The maximum Gasteiger partial charge on any atom is 0.315 e. The Hall–Kier alpha value is -1.30. The van der Waals surface area contributed by atoms with Crippen molar-refractivity contribution in [2.75, 3.05) is 13.7 Å². The summed E-state index contributed by atoms with van der Waals surface area (Å²) in [6.45, 7) is 1.99. The minimum absolute atomic E-state index is 0.0619. The van der Waals surface area contributed by atoms with Crippen molar-refractivity contribution in [1.29, 1.82) is 0 Å². The largest absolute Gasteiger partial charge is 0.481 e. The lowest BCUT2D eigenvalue weighted by Crippen LogP contribution is -2.46. The number of amides is 2. The standard InChI is InChI=1S/C12H22N2O4/c1-8(11(15)16)6-7-13-12(17)14-9-4-3-5-10(9)18-2/h8-10H,3-7H2,1-2H3,(H,15,16)(H2,13,14,17). The number of ether oxygens (including phenoxy) is 1. The number of methoxy groups -OCH3 is 1. The molecule has 1 saturated carbocycles. The van der Waals surface area contributed by atoms with Crippen LogP contribution in [0, 0.1) is 5.92 Å². The first-order valence-electron chi connectivity index (χ1n) is 6.34. The predicted octanol–water partition coefficient (Wildman–Crippen LogP) is 0.964. The van der Waals surface area contributed by atoms with Crippen molar-refractivity contribution < 1.29 is 19.4 Å². The number of hydrogen-bond acceptors (Lipinski definition) is 3. The molecule has 3 atom stereocenters. The first kappa shape index (κ1) is 14.8. The normalized spacial score (nSPS) is 24.6. The number of hydrogen-bond donors (Lipinski definition) is 3. The molecule has 0 spiro atoms. The van der Waals surface area contributed by atoms with Crippen LogP contribution in [0.5, 0.6) is 0 Å². The Balaban J connectivity index is 2.19. The van der Waals surface area contributed by atoms with Gasteiger partial charge in [0.05, 0.1) is 18.1 Å². The molecule has 6 heteroatoms. The van der Waals surface area contributed by atoms with Crippen LogP contribution < -0.4 is 10.6 Å². The maximum atomic E-state index is 11.6. The highest BCUT2D eigenvalue weighted by Gasteiger charge is 2.28. The molecule has 0 heterocycles. The number of rotatable bonds is 6. The molecule has 0 aromatic carbocycles. The van der Waals surface area contributed by atoms with Crippen LogP contribution in [0.15, 0.2) is 0 Å². The SMILES string of the molecule is COC1CCCC1NC(=O)NCCC(C)C(=O)O. The molecule has 0 aliphatic heterocycles. The molecule has 0 radical (unpaired) electrons. The summed E-state index contributed by atoms with van der Waals surface area (Å²) in [6.07, 6.45) is 3.48. The summed E-state index contributed by atoms with van der Waals surface area (Å²) in [5.41, 5.74) is 0. The molecule has 3 unspecified atom stereocenters. The summed E-state index contributed by atoms with van der Waals surface area (Å²) in [4.78, 5) is 22.2. The number of carbonyl (C=O) groups excluding carboxylic acids is 1. The molecule has 0 bridgehead atoms. The lowest BCUT2D eigenvalue weighted by atomic mass is 10.1. The van der Waals surface area contributed by atoms with E-state index in [0.717, 1.165) is 19.3 Å². The van der Waals surface area contributed by atoms with E-state index >= 15 is 0 Å². The molecule has 0 aromatic rings. The van der Waals surface area contributed by atoms with Gasteiger partial charge in [-0.05, 0) is 25.7 Å². The minimum atomic E-state index is -0.840. The number of nitrogens with one attached hydrogen (secondary N) is 2. The van der Waals surface area contributed by atoms with Gasteiger partial charge in [-0.15, -0.1) is 0 Å². The molecular formula is C12H22N2O4. The van der Waals surface area contributed by atoms with Gasteiger partial charge in [-0.1, -0.05) is 6.92 Å². The molecule has 18 heavy (non-hydrogen) atoms. The fraction of sp³-hybridized carbons (Fsp3) is 0.833. The average molecular weight is 258 g/mol. The van der Waals surface area contributed by atoms with Crippen molar-refractivity contribution in [3.8, 4) is 0 Å². The highest BCUT2D eigenvalue weighted by molar-refractivity contribution is 5.74. The van der Waals surface area contributed by atoms with E-state index in [1.54, 1.807) is 14.0 Å². The number of carboxylic acid groups (broad SMARTS) is 1. The molecule has 3 N–H and O–H groups in total. The van der Waals surface area contributed by atoms with E-state index in [1.165, 1.54) is 0 Å². The van der Waals surface area contributed by atoms with Gasteiger partial charge in [-0.2, -0.15) is 0 Å². The molecule has 0 saturated heterocycles. The summed E-state index contributed by atoms with van der Waals surface area (Å²) in [5, 5.41) is 14.2. The van der Waals surface area contributed by atoms with Gasteiger partial charge < -0.3 is 20.5 Å². The molecule has 0 aromatic heterocycles. The lowest BCUT2D eigenvalue weighted by molar-refractivity contribution is -0.141. The van der Waals surface area contributed by atoms with Gasteiger partial charge >= 0.3 is 12.0 Å². The summed E-state index contributed by atoms with van der Waals surface area (Å²) in [7, 11) is 1.65. The van der Waals surface area contributed by atoms with Crippen LogP contribution in [-0.4, -0.2) is 42.9 Å². The quantitative estimate of drug-likeness (QED) is 0.662. The zero-order valence-electron chi connectivity index (χ0n) is 10.9. The summed E-state index contributed by atoms with van der Waals surface area (Å²) < 4.78 is 5.28. The molecule has 1 aliphatic rings. The molecule has 6 nitrogen and oxygen atoms in total. The monoisotopic (exact) mass is 258 g/mol. The predicted molar refractivity (Wildman–Crippen MR) is 66.4 cm³/mol. The van der Waals surface area contributed by atoms with Crippen molar-refractivity contribution in [2.24, 2.45) is 5.92 Å². The van der Waals surface area contributed by atoms with Crippen molar-refractivity contribution in [2.45, 2.75) is 44.8 Å². The van der Waals surface area contributed by atoms with Crippen molar-refractivity contribution in [1.82, 2.24) is 10.6 Å².